The molecule has 0 atom stereocenters. The van der Waals surface area contributed by atoms with Crippen LogP contribution in [0.5, 0.6) is 5.75 Å². The molecule has 0 saturated heterocycles. The van der Waals surface area contributed by atoms with E-state index in [1.807, 2.05) is 30.3 Å². The van der Waals surface area contributed by atoms with Crippen LogP contribution < -0.4 is 0 Å². The average molecular weight is 212 g/mol. The lowest BCUT2D eigenvalue weighted by atomic mass is 10.0. The standard InChI is InChI=1S/C14H12O2/c15-10-13-9-14(16)7-6-12(13)8-11-4-2-1-3-5-11/h1-7,9-10,16H,8H2. The highest BCUT2D eigenvalue weighted by Gasteiger charge is 2.03. The van der Waals surface area contributed by atoms with Gasteiger partial charge in [-0.25, -0.2) is 0 Å². The summed E-state index contributed by atoms with van der Waals surface area (Å²) >= 11 is 0. The van der Waals surface area contributed by atoms with Crippen molar-refractivity contribution in [1.29, 1.82) is 0 Å². The zero-order valence-corrected chi connectivity index (χ0v) is 8.76. The SMILES string of the molecule is O=Cc1cc(O)ccc1Cc1ccccc1. The second-order valence-corrected chi connectivity index (χ2v) is 3.66. The van der Waals surface area contributed by atoms with Gasteiger partial charge in [-0.15, -0.1) is 0 Å². The number of phenolic OH excluding ortho intramolecular Hbond substituents is 1. The predicted octanol–water partition coefficient (Wildman–Crippen LogP) is 2.80. The third kappa shape index (κ3) is 2.28. The first-order chi connectivity index (χ1) is 7.79. The van der Waals surface area contributed by atoms with Crippen LogP contribution in [0.4, 0.5) is 0 Å². The molecule has 0 radical (unpaired) electrons. The Bertz CT molecular complexity index is 489. The molecule has 0 heterocycles. The van der Waals surface area contributed by atoms with Crippen molar-refractivity contribution < 1.29 is 9.90 Å². The van der Waals surface area contributed by atoms with Gasteiger partial charge < -0.3 is 5.11 Å². The van der Waals surface area contributed by atoms with Gasteiger partial charge in [-0.2, -0.15) is 0 Å². The molecule has 0 spiro atoms. The molecule has 2 rings (SSSR count). The molecule has 0 aliphatic rings. The lowest BCUT2D eigenvalue weighted by Crippen LogP contribution is -1.94. The van der Waals surface area contributed by atoms with Gasteiger partial charge in [0.1, 0.15) is 12.0 Å². The summed E-state index contributed by atoms with van der Waals surface area (Å²) in [5.74, 6) is 0.124. The summed E-state index contributed by atoms with van der Waals surface area (Å²) in [6.45, 7) is 0. The van der Waals surface area contributed by atoms with Gasteiger partial charge >= 0.3 is 0 Å². The maximum Gasteiger partial charge on any atom is 0.150 e. The van der Waals surface area contributed by atoms with Gasteiger partial charge in [-0.3, -0.25) is 4.79 Å². The molecule has 0 aromatic heterocycles. The Morgan fingerprint density at radius 3 is 2.50 bits per heavy atom. The number of phenols is 1. The van der Waals surface area contributed by atoms with Crippen molar-refractivity contribution in [1.82, 2.24) is 0 Å². The van der Waals surface area contributed by atoms with E-state index in [1.54, 1.807) is 12.1 Å². The van der Waals surface area contributed by atoms with Gasteiger partial charge in [-0.1, -0.05) is 36.4 Å². The van der Waals surface area contributed by atoms with Crippen molar-refractivity contribution in [2.75, 3.05) is 0 Å². The maximum absolute atomic E-state index is 10.9. The fourth-order valence-corrected chi connectivity index (χ4v) is 1.67. The van der Waals surface area contributed by atoms with E-state index in [4.69, 9.17) is 0 Å². The Hall–Kier alpha value is -2.09. The molecule has 2 aromatic rings. The minimum atomic E-state index is 0.124. The molecule has 0 aliphatic heterocycles. The highest BCUT2D eigenvalue weighted by Crippen LogP contribution is 2.18. The van der Waals surface area contributed by atoms with Crippen LogP contribution in [-0.4, -0.2) is 11.4 Å². The highest BCUT2D eigenvalue weighted by molar-refractivity contribution is 5.78. The Kier molecular flexibility index (Phi) is 3.01. The van der Waals surface area contributed by atoms with Gasteiger partial charge in [0.25, 0.3) is 0 Å². The molecule has 0 aliphatic carbocycles. The minimum absolute atomic E-state index is 0.124. The second kappa shape index (κ2) is 4.62. The molecule has 16 heavy (non-hydrogen) atoms. The summed E-state index contributed by atoms with van der Waals surface area (Å²) in [5, 5.41) is 9.28. The van der Waals surface area contributed by atoms with Crippen molar-refractivity contribution in [2.24, 2.45) is 0 Å². The van der Waals surface area contributed by atoms with Crippen molar-refractivity contribution in [2.45, 2.75) is 6.42 Å². The van der Waals surface area contributed by atoms with E-state index in [1.165, 1.54) is 6.07 Å². The fraction of sp³-hybridized carbons (Fsp3) is 0.0714. The average Bonchev–Trinajstić information content (AvgIpc) is 2.33. The molecule has 2 aromatic carbocycles. The van der Waals surface area contributed by atoms with E-state index >= 15 is 0 Å². The zero-order valence-electron chi connectivity index (χ0n) is 8.76. The van der Waals surface area contributed by atoms with Crippen LogP contribution in [0.15, 0.2) is 48.5 Å². The molecule has 2 heteroatoms. The minimum Gasteiger partial charge on any atom is -0.508 e. The van der Waals surface area contributed by atoms with Crippen molar-refractivity contribution in [3.63, 3.8) is 0 Å². The third-order valence-corrected chi connectivity index (χ3v) is 2.49. The topological polar surface area (TPSA) is 37.3 Å². The van der Waals surface area contributed by atoms with Gasteiger partial charge in [0.05, 0.1) is 0 Å². The third-order valence-electron chi connectivity index (χ3n) is 2.49. The van der Waals surface area contributed by atoms with Crippen LogP contribution in [0.3, 0.4) is 0 Å². The molecular weight excluding hydrogens is 200 g/mol. The van der Waals surface area contributed by atoms with E-state index in [0.29, 0.717) is 12.0 Å². The van der Waals surface area contributed by atoms with Crippen molar-refractivity contribution in [3.05, 3.63) is 65.2 Å². The Labute approximate surface area is 94.2 Å². The summed E-state index contributed by atoms with van der Waals surface area (Å²) in [4.78, 5) is 10.9. The second-order valence-electron chi connectivity index (χ2n) is 3.66. The van der Waals surface area contributed by atoms with Crippen LogP contribution in [0.2, 0.25) is 0 Å². The van der Waals surface area contributed by atoms with Crippen molar-refractivity contribution in [3.8, 4) is 5.75 Å². The zero-order chi connectivity index (χ0) is 11.4. The lowest BCUT2D eigenvalue weighted by molar-refractivity contribution is 0.112. The fourth-order valence-electron chi connectivity index (χ4n) is 1.67. The largest absolute Gasteiger partial charge is 0.508 e. The van der Waals surface area contributed by atoms with Crippen LogP contribution in [-0.2, 0) is 6.42 Å². The number of hydrogen-bond donors (Lipinski definition) is 1. The summed E-state index contributed by atoms with van der Waals surface area (Å²) in [7, 11) is 0. The molecule has 0 amide bonds. The monoisotopic (exact) mass is 212 g/mol. The lowest BCUT2D eigenvalue weighted by Gasteiger charge is -2.05. The van der Waals surface area contributed by atoms with Crippen LogP contribution in [0.25, 0.3) is 0 Å². The van der Waals surface area contributed by atoms with Crippen LogP contribution >= 0.6 is 0 Å². The number of carbonyl (C=O) groups excluding carboxylic acids is 1. The summed E-state index contributed by atoms with van der Waals surface area (Å²) in [5.41, 5.74) is 2.62. The Morgan fingerprint density at radius 2 is 1.81 bits per heavy atom. The molecular formula is C14H12O2. The first-order valence-corrected chi connectivity index (χ1v) is 5.10. The van der Waals surface area contributed by atoms with E-state index in [2.05, 4.69) is 0 Å². The summed E-state index contributed by atoms with van der Waals surface area (Å²) < 4.78 is 0. The first kappa shape index (κ1) is 10.4. The molecule has 0 saturated carbocycles. The number of benzene rings is 2. The number of rotatable bonds is 3. The normalized spacial score (nSPS) is 10.0. The number of aromatic hydroxyl groups is 1. The van der Waals surface area contributed by atoms with Gasteiger partial charge in [0.2, 0.25) is 0 Å². The van der Waals surface area contributed by atoms with Gasteiger partial charge in [-0.05, 0) is 29.7 Å². The van der Waals surface area contributed by atoms with Gasteiger partial charge in [0, 0.05) is 5.56 Å². The van der Waals surface area contributed by atoms with E-state index in [0.717, 1.165) is 17.4 Å². The van der Waals surface area contributed by atoms with Crippen LogP contribution in [0.1, 0.15) is 21.5 Å². The summed E-state index contributed by atoms with van der Waals surface area (Å²) in [6, 6.07) is 14.8. The Morgan fingerprint density at radius 1 is 1.06 bits per heavy atom. The van der Waals surface area contributed by atoms with E-state index in [9.17, 15) is 9.90 Å². The number of carbonyl (C=O) groups is 1. The van der Waals surface area contributed by atoms with E-state index < -0.39 is 0 Å². The quantitative estimate of drug-likeness (QED) is 0.794. The molecule has 0 unspecified atom stereocenters. The molecule has 80 valence electrons. The molecule has 1 N–H and O–H groups in total. The molecule has 0 bridgehead atoms. The molecule has 2 nitrogen and oxygen atoms in total. The smallest absolute Gasteiger partial charge is 0.150 e. The molecule has 0 fully saturated rings. The van der Waals surface area contributed by atoms with Gasteiger partial charge in [0.15, 0.2) is 0 Å². The number of aldehydes is 1. The predicted molar refractivity (Wildman–Crippen MR) is 62.7 cm³/mol. The van der Waals surface area contributed by atoms with Crippen molar-refractivity contribution >= 4 is 6.29 Å². The van der Waals surface area contributed by atoms with E-state index in [-0.39, 0.29) is 5.75 Å². The van der Waals surface area contributed by atoms with Crippen LogP contribution in [0, 0.1) is 0 Å². The first-order valence-electron chi connectivity index (χ1n) is 5.10. The summed E-state index contributed by atoms with van der Waals surface area (Å²) in [6.07, 6.45) is 1.48. The highest BCUT2D eigenvalue weighted by atomic mass is 16.3. The maximum atomic E-state index is 10.9. The number of hydrogen-bond acceptors (Lipinski definition) is 2. The Balaban J connectivity index is 2.31.